The minimum atomic E-state index is 0.780. The van der Waals surface area contributed by atoms with Gasteiger partial charge in [0.2, 0.25) is 0 Å². The maximum Gasteiger partial charge on any atom is 0.167 e. The number of hydrogen-bond acceptors (Lipinski definition) is 3. The van der Waals surface area contributed by atoms with Crippen molar-refractivity contribution in [1.82, 2.24) is 14.9 Å². The van der Waals surface area contributed by atoms with Crippen LogP contribution < -0.4 is 0 Å². The van der Waals surface area contributed by atoms with Crippen LogP contribution in [0.15, 0.2) is 39.6 Å². The van der Waals surface area contributed by atoms with E-state index in [2.05, 4.69) is 26.2 Å². The van der Waals surface area contributed by atoms with Crippen molar-refractivity contribution in [3.63, 3.8) is 0 Å². The van der Waals surface area contributed by atoms with Crippen LogP contribution >= 0.6 is 15.9 Å². The molecule has 0 aliphatic rings. The minimum Gasteiger partial charge on any atom is -0.356 e. The second-order valence-electron chi connectivity index (χ2n) is 3.57. The Morgan fingerprint density at radius 2 is 2.25 bits per heavy atom. The van der Waals surface area contributed by atoms with Crippen molar-refractivity contribution < 1.29 is 4.52 Å². The third kappa shape index (κ3) is 1.44. The van der Waals surface area contributed by atoms with E-state index in [0.717, 1.165) is 26.7 Å². The Hall–Kier alpha value is -1.62. The predicted octanol–water partition coefficient (Wildman–Crippen LogP) is 2.99. The van der Waals surface area contributed by atoms with Crippen LogP contribution in [0.4, 0.5) is 0 Å². The van der Waals surface area contributed by atoms with Gasteiger partial charge in [-0.15, -0.1) is 0 Å². The molecule has 80 valence electrons. The van der Waals surface area contributed by atoms with E-state index in [1.807, 2.05) is 31.4 Å². The van der Waals surface area contributed by atoms with Gasteiger partial charge in [-0.25, -0.2) is 0 Å². The van der Waals surface area contributed by atoms with Crippen molar-refractivity contribution in [2.45, 2.75) is 0 Å². The average molecular weight is 278 g/mol. The predicted molar refractivity (Wildman–Crippen MR) is 63.9 cm³/mol. The number of aryl methyl sites for hydroxylation is 1. The molecule has 0 saturated heterocycles. The van der Waals surface area contributed by atoms with Crippen LogP contribution in [0.1, 0.15) is 0 Å². The van der Waals surface area contributed by atoms with Gasteiger partial charge in [-0.1, -0.05) is 21.1 Å². The van der Waals surface area contributed by atoms with E-state index in [0.29, 0.717) is 0 Å². The number of nitrogens with zero attached hydrogens (tertiary/aromatic N) is 3. The van der Waals surface area contributed by atoms with Gasteiger partial charge in [0.1, 0.15) is 5.69 Å². The molecule has 5 heteroatoms. The summed E-state index contributed by atoms with van der Waals surface area (Å²) in [5.41, 5.74) is 2.56. The van der Waals surface area contributed by atoms with Crippen molar-refractivity contribution >= 4 is 26.9 Å². The first-order chi connectivity index (χ1) is 7.74. The Labute approximate surface area is 100.0 Å². The molecule has 2 aromatic heterocycles. The summed E-state index contributed by atoms with van der Waals surface area (Å²) >= 11 is 3.44. The van der Waals surface area contributed by atoms with Gasteiger partial charge in [-0.05, 0) is 18.2 Å². The highest BCUT2D eigenvalue weighted by molar-refractivity contribution is 9.10. The monoisotopic (exact) mass is 277 g/mol. The van der Waals surface area contributed by atoms with E-state index >= 15 is 0 Å². The zero-order chi connectivity index (χ0) is 11.1. The number of benzene rings is 1. The van der Waals surface area contributed by atoms with Gasteiger partial charge >= 0.3 is 0 Å². The van der Waals surface area contributed by atoms with Crippen LogP contribution in [0.5, 0.6) is 0 Å². The molecule has 0 fully saturated rings. The third-order valence-corrected chi connectivity index (χ3v) is 2.90. The lowest BCUT2D eigenvalue weighted by molar-refractivity contribution is 0.459. The lowest BCUT2D eigenvalue weighted by Crippen LogP contribution is -1.84. The molecule has 0 aliphatic carbocycles. The van der Waals surface area contributed by atoms with Crippen molar-refractivity contribution in [2.75, 3.05) is 0 Å². The van der Waals surface area contributed by atoms with Crippen LogP contribution in [0.25, 0.3) is 22.2 Å². The number of rotatable bonds is 1. The summed E-state index contributed by atoms with van der Waals surface area (Å²) in [5.74, 6) is 0. The normalized spacial score (nSPS) is 11.1. The Morgan fingerprint density at radius 1 is 1.38 bits per heavy atom. The quantitative estimate of drug-likeness (QED) is 0.687. The fraction of sp³-hybridized carbons (Fsp3) is 0.0909. The Morgan fingerprint density at radius 3 is 3.00 bits per heavy atom. The molecule has 3 rings (SSSR count). The summed E-state index contributed by atoms with van der Waals surface area (Å²) in [7, 11) is 1.88. The van der Waals surface area contributed by atoms with Crippen LogP contribution in [-0.4, -0.2) is 14.9 Å². The summed E-state index contributed by atoms with van der Waals surface area (Å²) in [6, 6.07) is 5.82. The van der Waals surface area contributed by atoms with Crippen molar-refractivity contribution in [3.8, 4) is 11.3 Å². The molecule has 16 heavy (non-hydrogen) atoms. The molecule has 1 aromatic carbocycles. The zero-order valence-corrected chi connectivity index (χ0v) is 10.1. The number of halogens is 1. The molecule has 3 aromatic rings. The van der Waals surface area contributed by atoms with E-state index in [1.54, 1.807) is 10.9 Å². The fourth-order valence-electron chi connectivity index (χ4n) is 1.66. The van der Waals surface area contributed by atoms with Crippen LogP contribution in [0, 0.1) is 0 Å². The smallest absolute Gasteiger partial charge is 0.167 e. The van der Waals surface area contributed by atoms with E-state index < -0.39 is 0 Å². The Balaban J connectivity index is 2.27. The van der Waals surface area contributed by atoms with Gasteiger partial charge in [0.05, 0.1) is 11.6 Å². The van der Waals surface area contributed by atoms with Gasteiger partial charge in [-0.3, -0.25) is 4.68 Å². The van der Waals surface area contributed by atoms with Gasteiger partial charge in [-0.2, -0.15) is 5.10 Å². The molecule has 0 radical (unpaired) electrons. The van der Waals surface area contributed by atoms with E-state index in [4.69, 9.17) is 4.52 Å². The van der Waals surface area contributed by atoms with Gasteiger partial charge in [0.15, 0.2) is 5.58 Å². The van der Waals surface area contributed by atoms with Crippen LogP contribution in [-0.2, 0) is 7.05 Å². The molecule has 0 aliphatic heterocycles. The minimum absolute atomic E-state index is 0.780. The highest BCUT2D eigenvalue weighted by atomic mass is 79.9. The second kappa shape index (κ2) is 3.45. The van der Waals surface area contributed by atoms with Crippen molar-refractivity contribution in [2.24, 2.45) is 7.05 Å². The van der Waals surface area contributed by atoms with E-state index in [1.165, 1.54) is 0 Å². The molecule has 4 nitrogen and oxygen atoms in total. The number of aromatic nitrogens is 3. The maximum absolute atomic E-state index is 5.26. The van der Waals surface area contributed by atoms with E-state index in [-0.39, 0.29) is 0 Å². The largest absolute Gasteiger partial charge is 0.356 e. The summed E-state index contributed by atoms with van der Waals surface area (Å²) in [5, 5.41) is 9.18. The second-order valence-corrected chi connectivity index (χ2v) is 4.49. The summed E-state index contributed by atoms with van der Waals surface area (Å²) < 4.78 is 8.01. The van der Waals surface area contributed by atoms with E-state index in [9.17, 15) is 0 Å². The van der Waals surface area contributed by atoms with Crippen molar-refractivity contribution in [3.05, 3.63) is 35.1 Å². The first kappa shape index (κ1) is 9.59. The zero-order valence-electron chi connectivity index (χ0n) is 8.51. The first-order valence-electron chi connectivity index (χ1n) is 4.78. The molecular formula is C11H8BrN3O. The number of hydrogen-bond donors (Lipinski definition) is 0. The highest BCUT2D eigenvalue weighted by Crippen LogP contribution is 2.29. The molecule has 0 spiro atoms. The fourth-order valence-corrected chi connectivity index (χ4v) is 2.02. The summed E-state index contributed by atoms with van der Waals surface area (Å²) in [6.07, 6.45) is 3.69. The van der Waals surface area contributed by atoms with Crippen LogP contribution in [0.2, 0.25) is 0 Å². The Bertz CT molecular complexity index is 656. The molecule has 0 saturated carbocycles. The Kier molecular flexibility index (Phi) is 2.07. The van der Waals surface area contributed by atoms with Gasteiger partial charge < -0.3 is 4.52 Å². The van der Waals surface area contributed by atoms with Gasteiger partial charge in [0, 0.05) is 23.3 Å². The highest BCUT2D eigenvalue weighted by Gasteiger charge is 2.11. The third-order valence-electron chi connectivity index (χ3n) is 2.41. The maximum atomic E-state index is 5.26. The SMILES string of the molecule is Cn1cc(-c2noc3ccc(Br)cc23)cn1. The number of fused-ring (bicyclic) bond motifs is 1. The molecule has 0 bridgehead atoms. The molecule has 0 amide bonds. The first-order valence-corrected chi connectivity index (χ1v) is 5.57. The molecular weight excluding hydrogens is 270 g/mol. The standard InChI is InChI=1S/C11H8BrN3O/c1-15-6-7(5-13-15)11-9-4-8(12)2-3-10(9)16-14-11/h2-6H,1H3. The summed E-state index contributed by atoms with van der Waals surface area (Å²) in [4.78, 5) is 0. The van der Waals surface area contributed by atoms with Crippen LogP contribution in [0.3, 0.4) is 0 Å². The molecule has 2 heterocycles. The molecule has 0 atom stereocenters. The summed E-state index contributed by atoms with van der Waals surface area (Å²) in [6.45, 7) is 0. The lowest BCUT2D eigenvalue weighted by atomic mass is 10.1. The van der Waals surface area contributed by atoms with Crippen molar-refractivity contribution in [1.29, 1.82) is 0 Å². The molecule has 0 N–H and O–H groups in total. The topological polar surface area (TPSA) is 43.9 Å². The lowest BCUT2D eigenvalue weighted by Gasteiger charge is -1.91. The molecule has 0 unspecified atom stereocenters. The van der Waals surface area contributed by atoms with Gasteiger partial charge in [0.25, 0.3) is 0 Å². The average Bonchev–Trinajstić information content (AvgIpc) is 2.83.